The van der Waals surface area contributed by atoms with Crippen molar-refractivity contribution in [2.24, 2.45) is 0 Å². The van der Waals surface area contributed by atoms with Gasteiger partial charge in [-0.25, -0.2) is 4.39 Å². The van der Waals surface area contributed by atoms with Gasteiger partial charge in [0.15, 0.2) is 0 Å². The normalized spacial score (nSPS) is 27.6. The van der Waals surface area contributed by atoms with Crippen LogP contribution in [0.5, 0.6) is 0 Å². The van der Waals surface area contributed by atoms with E-state index < -0.39 is 0 Å². The zero-order valence-electron chi connectivity index (χ0n) is 8.12. The van der Waals surface area contributed by atoms with Crippen LogP contribution < -0.4 is 0 Å². The Morgan fingerprint density at radius 1 is 1.07 bits per heavy atom. The van der Waals surface area contributed by atoms with Crippen molar-refractivity contribution in [1.29, 1.82) is 0 Å². The number of aliphatic hydroxyl groups is 1. The van der Waals surface area contributed by atoms with E-state index in [1.165, 1.54) is 6.07 Å². The van der Waals surface area contributed by atoms with E-state index >= 15 is 0 Å². The summed E-state index contributed by atoms with van der Waals surface area (Å²) >= 11 is 0. The van der Waals surface area contributed by atoms with Gasteiger partial charge in [0.25, 0.3) is 0 Å². The van der Waals surface area contributed by atoms with Crippen molar-refractivity contribution in [2.45, 2.75) is 37.7 Å². The Balaban J connectivity index is 2.12. The summed E-state index contributed by atoms with van der Waals surface area (Å²) in [4.78, 5) is 0. The van der Waals surface area contributed by atoms with Crippen LogP contribution in [-0.2, 0) is 0 Å². The van der Waals surface area contributed by atoms with Gasteiger partial charge in [0, 0.05) is 0 Å². The van der Waals surface area contributed by atoms with Crippen LogP contribution in [0.15, 0.2) is 24.3 Å². The lowest BCUT2D eigenvalue weighted by molar-refractivity contribution is 0.122. The number of rotatable bonds is 1. The maximum Gasteiger partial charge on any atom is 0.126 e. The SMILES string of the molecule is OC1CCC(c2ccccc2F)CC1. The molecule has 76 valence electrons. The topological polar surface area (TPSA) is 20.2 Å². The molecule has 0 amide bonds. The fourth-order valence-electron chi connectivity index (χ4n) is 2.19. The van der Waals surface area contributed by atoms with Crippen molar-refractivity contribution >= 4 is 0 Å². The number of hydrogen-bond donors (Lipinski definition) is 1. The molecule has 1 aromatic carbocycles. The van der Waals surface area contributed by atoms with Crippen LogP contribution >= 0.6 is 0 Å². The molecule has 1 saturated carbocycles. The van der Waals surface area contributed by atoms with E-state index in [2.05, 4.69) is 0 Å². The highest BCUT2D eigenvalue weighted by Gasteiger charge is 2.22. The van der Waals surface area contributed by atoms with E-state index in [1.807, 2.05) is 12.1 Å². The number of halogens is 1. The van der Waals surface area contributed by atoms with Crippen molar-refractivity contribution in [2.75, 3.05) is 0 Å². The van der Waals surface area contributed by atoms with Crippen molar-refractivity contribution < 1.29 is 9.50 Å². The Kier molecular flexibility index (Phi) is 2.82. The molecule has 1 aliphatic rings. The van der Waals surface area contributed by atoms with Crippen molar-refractivity contribution in [3.8, 4) is 0 Å². The molecular weight excluding hydrogens is 179 g/mol. The maximum absolute atomic E-state index is 13.4. The van der Waals surface area contributed by atoms with E-state index in [4.69, 9.17) is 0 Å². The first kappa shape index (κ1) is 9.66. The molecule has 2 heteroatoms. The molecule has 0 heterocycles. The lowest BCUT2D eigenvalue weighted by Gasteiger charge is -2.25. The highest BCUT2D eigenvalue weighted by Crippen LogP contribution is 2.33. The third-order valence-corrected chi connectivity index (χ3v) is 3.04. The minimum absolute atomic E-state index is 0.103. The second-order valence-corrected chi connectivity index (χ2v) is 4.03. The molecule has 0 aliphatic heterocycles. The van der Waals surface area contributed by atoms with Crippen LogP contribution in [0, 0.1) is 5.82 Å². The second kappa shape index (κ2) is 4.09. The molecule has 1 nitrogen and oxygen atoms in total. The van der Waals surface area contributed by atoms with Gasteiger partial charge in [0.1, 0.15) is 5.82 Å². The third-order valence-electron chi connectivity index (χ3n) is 3.04. The summed E-state index contributed by atoms with van der Waals surface area (Å²) in [6, 6.07) is 6.97. The summed E-state index contributed by atoms with van der Waals surface area (Å²) in [5.41, 5.74) is 0.819. The Labute approximate surface area is 83.6 Å². The average molecular weight is 194 g/mol. The second-order valence-electron chi connectivity index (χ2n) is 4.03. The first-order chi connectivity index (χ1) is 6.77. The van der Waals surface area contributed by atoms with E-state index in [0.717, 1.165) is 31.2 Å². The van der Waals surface area contributed by atoms with Crippen LogP contribution in [-0.4, -0.2) is 11.2 Å². The van der Waals surface area contributed by atoms with Gasteiger partial charge in [-0.2, -0.15) is 0 Å². The fraction of sp³-hybridized carbons (Fsp3) is 0.500. The van der Waals surface area contributed by atoms with Gasteiger partial charge < -0.3 is 5.11 Å². The molecule has 0 aromatic heterocycles. The monoisotopic (exact) mass is 194 g/mol. The molecular formula is C12H15FO. The predicted molar refractivity (Wildman–Crippen MR) is 53.6 cm³/mol. The van der Waals surface area contributed by atoms with E-state index in [0.29, 0.717) is 5.92 Å². The van der Waals surface area contributed by atoms with Crippen molar-refractivity contribution in [3.05, 3.63) is 35.6 Å². The summed E-state index contributed by atoms with van der Waals surface area (Å²) in [7, 11) is 0. The molecule has 1 aromatic rings. The van der Waals surface area contributed by atoms with Gasteiger partial charge in [-0.1, -0.05) is 18.2 Å². The first-order valence-corrected chi connectivity index (χ1v) is 5.20. The van der Waals surface area contributed by atoms with Crippen LogP contribution in [0.2, 0.25) is 0 Å². The van der Waals surface area contributed by atoms with Gasteiger partial charge in [-0.15, -0.1) is 0 Å². The Hall–Kier alpha value is -0.890. The lowest BCUT2D eigenvalue weighted by atomic mass is 9.82. The van der Waals surface area contributed by atoms with Gasteiger partial charge in [0.2, 0.25) is 0 Å². The quantitative estimate of drug-likeness (QED) is 0.728. The zero-order valence-corrected chi connectivity index (χ0v) is 8.12. The van der Waals surface area contributed by atoms with Gasteiger partial charge in [-0.3, -0.25) is 0 Å². The Morgan fingerprint density at radius 3 is 2.36 bits per heavy atom. The zero-order chi connectivity index (χ0) is 9.97. The summed E-state index contributed by atoms with van der Waals surface area (Å²) in [6.07, 6.45) is 3.25. The van der Waals surface area contributed by atoms with E-state index in [-0.39, 0.29) is 11.9 Å². The van der Waals surface area contributed by atoms with Gasteiger partial charge in [-0.05, 0) is 43.2 Å². The predicted octanol–water partition coefficient (Wildman–Crippen LogP) is 2.84. The van der Waals surface area contributed by atoms with Gasteiger partial charge in [0.05, 0.1) is 6.10 Å². The summed E-state index contributed by atoms with van der Waals surface area (Å²) in [5.74, 6) is 0.202. The maximum atomic E-state index is 13.4. The molecule has 0 saturated heterocycles. The van der Waals surface area contributed by atoms with Crippen molar-refractivity contribution in [3.63, 3.8) is 0 Å². The third kappa shape index (κ3) is 1.95. The van der Waals surface area contributed by atoms with Crippen LogP contribution in [0.3, 0.4) is 0 Å². The molecule has 1 aliphatic carbocycles. The van der Waals surface area contributed by atoms with Crippen molar-refractivity contribution in [1.82, 2.24) is 0 Å². The smallest absolute Gasteiger partial charge is 0.126 e. The standard InChI is InChI=1S/C12H15FO/c13-12-4-2-1-3-11(12)9-5-7-10(14)8-6-9/h1-4,9-10,14H,5-8H2. The van der Waals surface area contributed by atoms with Crippen LogP contribution in [0.25, 0.3) is 0 Å². The highest BCUT2D eigenvalue weighted by atomic mass is 19.1. The Morgan fingerprint density at radius 2 is 1.71 bits per heavy atom. The molecule has 1 fully saturated rings. The molecule has 0 spiro atoms. The lowest BCUT2D eigenvalue weighted by Crippen LogP contribution is -2.17. The highest BCUT2D eigenvalue weighted by molar-refractivity contribution is 5.22. The fourth-order valence-corrected chi connectivity index (χ4v) is 2.19. The van der Waals surface area contributed by atoms with E-state index in [1.54, 1.807) is 6.07 Å². The molecule has 0 atom stereocenters. The molecule has 14 heavy (non-hydrogen) atoms. The minimum atomic E-state index is -0.168. The number of hydrogen-bond acceptors (Lipinski definition) is 1. The number of benzene rings is 1. The minimum Gasteiger partial charge on any atom is -0.393 e. The van der Waals surface area contributed by atoms with Crippen LogP contribution in [0.1, 0.15) is 37.2 Å². The summed E-state index contributed by atoms with van der Waals surface area (Å²) in [5, 5.41) is 9.35. The largest absolute Gasteiger partial charge is 0.393 e. The molecule has 1 N–H and O–H groups in total. The Bertz CT molecular complexity index is 303. The van der Waals surface area contributed by atoms with Gasteiger partial charge >= 0.3 is 0 Å². The molecule has 0 unspecified atom stereocenters. The first-order valence-electron chi connectivity index (χ1n) is 5.20. The molecule has 2 rings (SSSR count). The molecule has 0 bridgehead atoms. The number of aliphatic hydroxyl groups excluding tert-OH is 1. The van der Waals surface area contributed by atoms with E-state index in [9.17, 15) is 9.50 Å². The average Bonchev–Trinajstić information content (AvgIpc) is 2.20. The van der Waals surface area contributed by atoms with Crippen LogP contribution in [0.4, 0.5) is 4.39 Å². The summed E-state index contributed by atoms with van der Waals surface area (Å²) in [6.45, 7) is 0. The summed E-state index contributed by atoms with van der Waals surface area (Å²) < 4.78 is 13.4. The molecule has 0 radical (unpaired) electrons.